The molecule has 12 nitrogen and oxygen atoms in total. The molecular weight excluding hydrogens is 641 g/mol. The number of nitrogens with zero attached hydrogens (tertiary/aromatic N) is 5. The number of hydrogen-bond donors (Lipinski definition) is 3. The maximum absolute atomic E-state index is 10.6. The summed E-state index contributed by atoms with van der Waals surface area (Å²) in [6, 6.07) is 4.68. The molecule has 0 amide bonds. The highest BCUT2D eigenvalue weighted by atomic mass is 19.4. The van der Waals surface area contributed by atoms with E-state index in [1.165, 1.54) is 11.4 Å². The van der Waals surface area contributed by atoms with Gasteiger partial charge >= 0.3 is 36.4 Å². The van der Waals surface area contributed by atoms with Crippen LogP contribution in [0.25, 0.3) is 0 Å². The van der Waals surface area contributed by atoms with Crippen LogP contribution in [0, 0.1) is 0 Å². The first kappa shape index (κ1) is 39.0. The molecule has 21 heteroatoms. The molecule has 2 aliphatic heterocycles. The van der Waals surface area contributed by atoms with Gasteiger partial charge in [0.2, 0.25) is 0 Å². The van der Waals surface area contributed by atoms with Crippen molar-refractivity contribution in [2.45, 2.75) is 57.2 Å². The molecule has 2 aromatic heterocycles. The van der Waals surface area contributed by atoms with Crippen molar-refractivity contribution in [1.82, 2.24) is 24.3 Å². The van der Waals surface area contributed by atoms with E-state index in [0.29, 0.717) is 6.04 Å². The SMILES string of the molecule is CN(Cc1cccnc1)Cc1cn2c(n1)CN(C1CCOC1)CC2.O=C(O)C(F)(F)F.O=C(O)C(F)(F)F.O=C(O)C(F)(F)F. The first-order chi connectivity index (χ1) is 20.6. The Hall–Kier alpha value is -3.98. The molecule has 1 atom stereocenters. The minimum absolute atomic E-state index is 0.576. The maximum atomic E-state index is 10.6. The summed E-state index contributed by atoms with van der Waals surface area (Å²) in [7, 11) is 2.13. The van der Waals surface area contributed by atoms with E-state index in [1.807, 2.05) is 18.5 Å². The number of halogens is 9. The van der Waals surface area contributed by atoms with Gasteiger partial charge in [-0.25, -0.2) is 19.4 Å². The lowest BCUT2D eigenvalue weighted by Gasteiger charge is -2.31. The highest BCUT2D eigenvalue weighted by Crippen LogP contribution is 2.20. The lowest BCUT2D eigenvalue weighted by atomic mass is 10.2. The third-order valence-corrected chi connectivity index (χ3v) is 5.64. The van der Waals surface area contributed by atoms with Gasteiger partial charge < -0.3 is 24.6 Å². The van der Waals surface area contributed by atoms with Gasteiger partial charge in [-0.2, -0.15) is 39.5 Å². The molecule has 0 bridgehead atoms. The number of hydrogen-bond acceptors (Lipinski definition) is 8. The third-order valence-electron chi connectivity index (χ3n) is 5.64. The topological polar surface area (TPSA) is 158 Å². The summed E-state index contributed by atoms with van der Waals surface area (Å²) >= 11 is 0. The predicted octanol–water partition coefficient (Wildman–Crippen LogP) is 3.41. The molecule has 0 spiro atoms. The molecule has 1 saturated heterocycles. The summed E-state index contributed by atoms with van der Waals surface area (Å²) in [4.78, 5) is 40.6. The Balaban J connectivity index is 0.000000396. The van der Waals surface area contributed by atoms with E-state index in [9.17, 15) is 39.5 Å². The van der Waals surface area contributed by atoms with E-state index in [4.69, 9.17) is 39.4 Å². The van der Waals surface area contributed by atoms with Crippen LogP contribution < -0.4 is 0 Å². The van der Waals surface area contributed by atoms with Gasteiger partial charge in [0.15, 0.2) is 0 Å². The Labute approximate surface area is 248 Å². The molecule has 4 rings (SSSR count). The molecule has 0 aromatic carbocycles. The standard InChI is InChI=1S/C18H25N5O.3C2HF3O2/c1-21(10-15-3-2-5-19-9-15)11-16-12-23-7-6-22(13-18(23)20-16)17-4-8-24-14-17;3*3-2(4,5)1(6)7/h2-3,5,9,12,17H,4,6-8,10-11,13-14H2,1H3;3*(H,6,7). The summed E-state index contributed by atoms with van der Waals surface area (Å²) in [5.74, 6) is -7.08. The van der Waals surface area contributed by atoms with Crippen molar-refractivity contribution in [2.75, 3.05) is 26.8 Å². The van der Waals surface area contributed by atoms with Crippen LogP contribution in [0.15, 0.2) is 30.7 Å². The van der Waals surface area contributed by atoms with Crippen molar-refractivity contribution in [3.8, 4) is 0 Å². The van der Waals surface area contributed by atoms with Gasteiger partial charge in [0.25, 0.3) is 0 Å². The number of pyridine rings is 1. The van der Waals surface area contributed by atoms with Gasteiger partial charge in [-0.3, -0.25) is 14.8 Å². The predicted molar refractivity (Wildman–Crippen MR) is 132 cm³/mol. The Morgan fingerprint density at radius 2 is 1.47 bits per heavy atom. The number of imidazole rings is 1. The Kier molecular flexibility index (Phi) is 14.7. The average molecular weight is 669 g/mol. The molecule has 254 valence electrons. The highest BCUT2D eigenvalue weighted by molar-refractivity contribution is 5.73. The molecule has 3 N–H and O–H groups in total. The van der Waals surface area contributed by atoms with Crippen molar-refractivity contribution in [3.05, 3.63) is 47.8 Å². The molecule has 0 aliphatic carbocycles. The number of ether oxygens (including phenoxy) is 1. The molecule has 1 unspecified atom stereocenters. The second-order valence-corrected chi connectivity index (χ2v) is 9.27. The largest absolute Gasteiger partial charge is 0.490 e. The van der Waals surface area contributed by atoms with Crippen molar-refractivity contribution < 1.29 is 74.0 Å². The molecule has 2 aliphatic rings. The number of alkyl halides is 9. The van der Waals surface area contributed by atoms with Gasteiger partial charge in [-0.1, -0.05) is 6.07 Å². The van der Waals surface area contributed by atoms with Crippen LogP contribution in [0.5, 0.6) is 0 Å². The second-order valence-electron chi connectivity index (χ2n) is 9.27. The fraction of sp³-hybridized carbons (Fsp3) is 0.542. The normalized spacial score (nSPS) is 16.6. The van der Waals surface area contributed by atoms with Crippen LogP contribution >= 0.6 is 0 Å². The minimum atomic E-state index is -5.08. The van der Waals surface area contributed by atoms with Crippen LogP contribution in [-0.2, 0) is 45.3 Å². The molecule has 2 aromatic rings. The minimum Gasteiger partial charge on any atom is -0.475 e. The second kappa shape index (κ2) is 16.9. The van der Waals surface area contributed by atoms with Crippen molar-refractivity contribution >= 4 is 17.9 Å². The van der Waals surface area contributed by atoms with E-state index in [2.05, 4.69) is 38.7 Å². The van der Waals surface area contributed by atoms with Crippen LogP contribution in [0.4, 0.5) is 39.5 Å². The zero-order valence-electron chi connectivity index (χ0n) is 23.2. The zero-order valence-corrected chi connectivity index (χ0v) is 23.2. The summed E-state index contributed by atoms with van der Waals surface area (Å²) in [6.45, 7) is 6.61. The first-order valence-corrected chi connectivity index (χ1v) is 12.5. The molecule has 45 heavy (non-hydrogen) atoms. The van der Waals surface area contributed by atoms with Gasteiger partial charge in [-0.15, -0.1) is 0 Å². The number of carboxylic acid groups (broad SMARTS) is 3. The summed E-state index contributed by atoms with van der Waals surface area (Å²) in [6.07, 6.45) is -8.14. The lowest BCUT2D eigenvalue weighted by molar-refractivity contribution is -0.193. The van der Waals surface area contributed by atoms with Crippen molar-refractivity contribution in [2.24, 2.45) is 0 Å². The van der Waals surface area contributed by atoms with E-state index in [1.54, 1.807) is 0 Å². The number of fused-ring (bicyclic) bond motifs is 1. The van der Waals surface area contributed by atoms with E-state index in [-0.39, 0.29) is 0 Å². The quantitative estimate of drug-likeness (QED) is 0.401. The number of aliphatic carboxylic acids is 3. The number of carboxylic acids is 3. The fourth-order valence-corrected chi connectivity index (χ4v) is 3.66. The van der Waals surface area contributed by atoms with Crippen LogP contribution in [0.3, 0.4) is 0 Å². The van der Waals surface area contributed by atoms with Gasteiger partial charge in [0.1, 0.15) is 5.82 Å². The molecule has 4 heterocycles. The third kappa shape index (κ3) is 15.0. The number of rotatable bonds is 5. The van der Waals surface area contributed by atoms with Crippen LogP contribution in [-0.4, -0.2) is 109 Å². The Morgan fingerprint density at radius 1 is 0.933 bits per heavy atom. The molecule has 0 radical (unpaired) electrons. The Morgan fingerprint density at radius 3 is 1.89 bits per heavy atom. The summed E-state index contributed by atoms with van der Waals surface area (Å²) in [5.41, 5.74) is 2.39. The summed E-state index contributed by atoms with van der Waals surface area (Å²) in [5, 5.41) is 21.4. The lowest BCUT2D eigenvalue weighted by Crippen LogP contribution is -2.41. The van der Waals surface area contributed by atoms with E-state index < -0.39 is 36.4 Å². The van der Waals surface area contributed by atoms with E-state index >= 15 is 0 Å². The fourth-order valence-electron chi connectivity index (χ4n) is 3.66. The maximum Gasteiger partial charge on any atom is 0.490 e. The van der Waals surface area contributed by atoms with Crippen molar-refractivity contribution in [3.63, 3.8) is 0 Å². The monoisotopic (exact) mass is 669 g/mol. The van der Waals surface area contributed by atoms with Gasteiger partial charge in [0, 0.05) is 57.4 Å². The van der Waals surface area contributed by atoms with Crippen molar-refractivity contribution in [1.29, 1.82) is 0 Å². The van der Waals surface area contributed by atoms with Gasteiger partial charge in [-0.05, 0) is 25.1 Å². The van der Waals surface area contributed by atoms with Crippen LogP contribution in [0.2, 0.25) is 0 Å². The number of carbonyl (C=O) groups is 3. The van der Waals surface area contributed by atoms with E-state index in [0.717, 1.165) is 58.1 Å². The average Bonchev–Trinajstić information content (AvgIpc) is 3.58. The first-order valence-electron chi connectivity index (χ1n) is 12.5. The summed E-state index contributed by atoms with van der Waals surface area (Å²) < 4.78 is 103. The number of aromatic nitrogens is 3. The smallest absolute Gasteiger partial charge is 0.475 e. The molecule has 0 saturated carbocycles. The zero-order chi connectivity index (χ0) is 34.6. The van der Waals surface area contributed by atoms with Gasteiger partial charge in [0.05, 0.1) is 18.8 Å². The highest BCUT2D eigenvalue weighted by Gasteiger charge is 2.39. The Bertz CT molecular complexity index is 1180. The van der Waals surface area contributed by atoms with Crippen LogP contribution in [0.1, 0.15) is 23.5 Å². The molecule has 1 fully saturated rings. The molecular formula is C24H28F9N5O7.